The van der Waals surface area contributed by atoms with E-state index in [2.05, 4.69) is 60.9 Å². The first-order valence-corrected chi connectivity index (χ1v) is 9.56. The molecule has 0 saturated carbocycles. The summed E-state index contributed by atoms with van der Waals surface area (Å²) in [6, 6.07) is 21.1. The van der Waals surface area contributed by atoms with Crippen LogP contribution in [0.25, 0.3) is 10.9 Å². The molecule has 2 heteroatoms. The van der Waals surface area contributed by atoms with Crippen molar-refractivity contribution in [3.63, 3.8) is 0 Å². The highest BCUT2D eigenvalue weighted by molar-refractivity contribution is 7.98. The molecular weight excluding hydrogens is 298 g/mol. The number of thioether (sulfide) groups is 1. The highest BCUT2D eigenvalue weighted by Crippen LogP contribution is 2.25. The Morgan fingerprint density at radius 2 is 1.43 bits per heavy atom. The van der Waals surface area contributed by atoms with E-state index < -0.39 is 0 Å². The summed E-state index contributed by atoms with van der Waals surface area (Å²) in [5.74, 6) is 0. The van der Waals surface area contributed by atoms with E-state index in [0.29, 0.717) is 0 Å². The van der Waals surface area contributed by atoms with Gasteiger partial charge in [0, 0.05) is 11.8 Å². The van der Waals surface area contributed by atoms with E-state index in [-0.39, 0.29) is 0 Å². The summed E-state index contributed by atoms with van der Waals surface area (Å²) in [7, 11) is 0. The Kier molecular flexibility index (Phi) is 9.08. The number of benzene rings is 2. The minimum atomic E-state index is 0.939. The second-order valence-corrected chi connectivity index (χ2v) is 5.31. The van der Waals surface area contributed by atoms with Gasteiger partial charge in [0.25, 0.3) is 0 Å². The van der Waals surface area contributed by atoms with Crippen LogP contribution in [0.3, 0.4) is 0 Å². The van der Waals surface area contributed by atoms with Crippen LogP contribution >= 0.6 is 11.8 Å². The van der Waals surface area contributed by atoms with Crippen molar-refractivity contribution < 1.29 is 0 Å². The summed E-state index contributed by atoms with van der Waals surface area (Å²) in [6.07, 6.45) is 3.03. The van der Waals surface area contributed by atoms with Crippen LogP contribution in [-0.2, 0) is 6.42 Å². The Balaban J connectivity index is 0.000000615. The molecule has 0 bridgehead atoms. The lowest BCUT2D eigenvalue weighted by atomic mass is 10.0. The first-order chi connectivity index (χ1) is 11.4. The minimum Gasteiger partial charge on any atom is -0.241 e. The second-order valence-electron chi connectivity index (χ2n) is 4.51. The molecule has 0 atom stereocenters. The molecule has 0 fully saturated rings. The number of nitrogens with zero attached hydrogens (tertiary/aromatic N) is 1. The average molecular weight is 326 g/mol. The molecule has 122 valence electrons. The maximum Gasteiger partial charge on any atom is 0.1000 e. The van der Waals surface area contributed by atoms with E-state index >= 15 is 0 Å². The smallest absolute Gasteiger partial charge is 0.1000 e. The van der Waals surface area contributed by atoms with Crippen molar-refractivity contribution in [2.75, 3.05) is 6.26 Å². The van der Waals surface area contributed by atoms with Crippen molar-refractivity contribution in [1.29, 1.82) is 0 Å². The molecule has 0 spiro atoms. The van der Waals surface area contributed by atoms with Gasteiger partial charge in [-0.2, -0.15) is 0 Å². The number of hydrogen-bond donors (Lipinski definition) is 0. The predicted octanol–water partition coefficient (Wildman–Crippen LogP) is 6.60. The Labute approximate surface area is 145 Å². The van der Waals surface area contributed by atoms with E-state index in [1.165, 1.54) is 16.5 Å². The third-order valence-electron chi connectivity index (χ3n) is 3.19. The molecule has 0 aliphatic rings. The van der Waals surface area contributed by atoms with Gasteiger partial charge in [-0.25, -0.2) is 4.98 Å². The van der Waals surface area contributed by atoms with Crippen LogP contribution in [0, 0.1) is 0 Å². The molecule has 0 amide bonds. The highest BCUT2D eigenvalue weighted by Gasteiger charge is 2.06. The standard InChI is InChI=1S/C17H15NS.2C2H6/c1-19-17-15(11-13-7-3-2-4-8-13)12-14-9-5-6-10-16(14)18-17;2*1-2/h2-10,12H,11H2,1H3;2*1-2H3. The molecule has 1 heterocycles. The molecule has 0 aliphatic heterocycles. The van der Waals surface area contributed by atoms with E-state index in [4.69, 9.17) is 4.98 Å². The van der Waals surface area contributed by atoms with Gasteiger partial charge in [-0.05, 0) is 29.5 Å². The van der Waals surface area contributed by atoms with Gasteiger partial charge in [0.15, 0.2) is 0 Å². The Bertz CT molecular complexity index is 693. The summed E-state index contributed by atoms with van der Waals surface area (Å²) < 4.78 is 0. The van der Waals surface area contributed by atoms with Crippen molar-refractivity contribution in [3.8, 4) is 0 Å². The van der Waals surface area contributed by atoms with Gasteiger partial charge in [0.2, 0.25) is 0 Å². The zero-order chi connectivity index (χ0) is 17.1. The molecular formula is C21H27NS. The first kappa shape index (κ1) is 19.2. The fraction of sp³-hybridized carbons (Fsp3) is 0.286. The molecule has 0 unspecified atom stereocenters. The first-order valence-electron chi connectivity index (χ1n) is 8.33. The van der Waals surface area contributed by atoms with Gasteiger partial charge >= 0.3 is 0 Å². The van der Waals surface area contributed by atoms with Gasteiger partial charge in [-0.15, -0.1) is 11.8 Å². The highest BCUT2D eigenvalue weighted by atomic mass is 32.2. The number of fused-ring (bicyclic) bond motifs is 1. The van der Waals surface area contributed by atoms with Gasteiger partial charge in [-0.1, -0.05) is 76.2 Å². The Hall–Kier alpha value is -1.80. The Morgan fingerprint density at radius 1 is 0.826 bits per heavy atom. The van der Waals surface area contributed by atoms with Gasteiger partial charge in [0.05, 0.1) is 10.5 Å². The third kappa shape index (κ3) is 5.40. The molecule has 1 nitrogen and oxygen atoms in total. The monoisotopic (exact) mass is 325 g/mol. The molecule has 2 aromatic carbocycles. The van der Waals surface area contributed by atoms with Gasteiger partial charge in [-0.3, -0.25) is 0 Å². The molecule has 1 aromatic heterocycles. The van der Waals surface area contributed by atoms with Crippen LogP contribution in [0.15, 0.2) is 65.7 Å². The summed E-state index contributed by atoms with van der Waals surface area (Å²) in [6.45, 7) is 8.00. The molecule has 23 heavy (non-hydrogen) atoms. The van der Waals surface area contributed by atoms with Crippen molar-refractivity contribution in [3.05, 3.63) is 71.8 Å². The number of hydrogen-bond acceptors (Lipinski definition) is 2. The zero-order valence-electron chi connectivity index (χ0n) is 14.8. The van der Waals surface area contributed by atoms with Gasteiger partial charge in [0.1, 0.15) is 0 Å². The molecule has 0 radical (unpaired) electrons. The van der Waals surface area contributed by atoms with Crippen molar-refractivity contribution in [2.45, 2.75) is 39.1 Å². The quantitative estimate of drug-likeness (QED) is 0.503. The minimum absolute atomic E-state index is 0.939. The summed E-state index contributed by atoms with van der Waals surface area (Å²) in [4.78, 5) is 4.75. The summed E-state index contributed by atoms with van der Waals surface area (Å²) >= 11 is 1.72. The lowest BCUT2D eigenvalue weighted by Gasteiger charge is -2.09. The largest absolute Gasteiger partial charge is 0.241 e. The normalized spacial score (nSPS) is 9.43. The lowest BCUT2D eigenvalue weighted by molar-refractivity contribution is 1.05. The topological polar surface area (TPSA) is 12.9 Å². The predicted molar refractivity (Wildman–Crippen MR) is 105 cm³/mol. The molecule has 3 aromatic rings. The SMILES string of the molecule is CC.CC.CSc1nc2ccccc2cc1Cc1ccccc1. The summed E-state index contributed by atoms with van der Waals surface area (Å²) in [5.41, 5.74) is 3.70. The van der Waals surface area contributed by atoms with E-state index in [0.717, 1.165) is 17.0 Å². The van der Waals surface area contributed by atoms with Crippen LogP contribution in [0.5, 0.6) is 0 Å². The van der Waals surface area contributed by atoms with E-state index in [1.54, 1.807) is 11.8 Å². The van der Waals surface area contributed by atoms with Crippen LogP contribution in [0.2, 0.25) is 0 Å². The van der Waals surface area contributed by atoms with Crippen LogP contribution < -0.4 is 0 Å². The van der Waals surface area contributed by atoms with Crippen molar-refractivity contribution >= 4 is 22.7 Å². The molecule has 0 saturated heterocycles. The third-order valence-corrected chi connectivity index (χ3v) is 3.93. The number of rotatable bonds is 3. The number of pyridine rings is 1. The zero-order valence-corrected chi connectivity index (χ0v) is 15.7. The molecule has 0 aliphatic carbocycles. The van der Waals surface area contributed by atoms with Gasteiger partial charge < -0.3 is 0 Å². The molecule has 0 N–H and O–H groups in total. The number of aromatic nitrogens is 1. The maximum absolute atomic E-state index is 4.75. The Morgan fingerprint density at radius 3 is 2.09 bits per heavy atom. The molecule has 3 rings (SSSR count). The fourth-order valence-electron chi connectivity index (χ4n) is 2.26. The second kappa shape index (κ2) is 10.8. The van der Waals surface area contributed by atoms with Crippen molar-refractivity contribution in [1.82, 2.24) is 4.98 Å². The average Bonchev–Trinajstić information content (AvgIpc) is 2.65. The van der Waals surface area contributed by atoms with E-state index in [1.807, 2.05) is 33.8 Å². The van der Waals surface area contributed by atoms with Crippen LogP contribution in [-0.4, -0.2) is 11.2 Å². The number of para-hydroxylation sites is 1. The summed E-state index contributed by atoms with van der Waals surface area (Å²) in [5, 5.41) is 2.34. The van der Waals surface area contributed by atoms with Crippen LogP contribution in [0.4, 0.5) is 0 Å². The van der Waals surface area contributed by atoms with E-state index in [9.17, 15) is 0 Å². The lowest BCUT2D eigenvalue weighted by Crippen LogP contribution is -1.94. The fourth-order valence-corrected chi connectivity index (χ4v) is 2.84. The maximum atomic E-state index is 4.75. The van der Waals surface area contributed by atoms with Crippen molar-refractivity contribution in [2.24, 2.45) is 0 Å². The van der Waals surface area contributed by atoms with Crippen LogP contribution in [0.1, 0.15) is 38.8 Å².